The lowest BCUT2D eigenvalue weighted by atomic mass is 9.43. The number of hydrogen-bond acceptors (Lipinski definition) is 1. The summed E-state index contributed by atoms with van der Waals surface area (Å²) < 4.78 is 0. The molecule has 0 aromatic carbocycles. The van der Waals surface area contributed by atoms with Crippen LogP contribution in [-0.4, -0.2) is 5.78 Å². The van der Waals surface area contributed by atoms with E-state index in [1.807, 2.05) is 6.08 Å². The van der Waals surface area contributed by atoms with E-state index in [4.69, 9.17) is 0 Å². The van der Waals surface area contributed by atoms with Gasteiger partial charge in [-0.05, 0) is 116 Å². The average molecular weight is 453 g/mol. The van der Waals surface area contributed by atoms with Crippen molar-refractivity contribution in [3.63, 3.8) is 0 Å². The van der Waals surface area contributed by atoms with Crippen molar-refractivity contribution in [1.29, 1.82) is 0 Å². The molecule has 10 atom stereocenters. The van der Waals surface area contributed by atoms with Crippen LogP contribution >= 0.6 is 0 Å². The Kier molecular flexibility index (Phi) is 7.39. The van der Waals surface area contributed by atoms with Gasteiger partial charge in [0, 0.05) is 12.3 Å². The average Bonchev–Trinajstić information content (AvgIpc) is 3.13. The maximum absolute atomic E-state index is 12.8. The molecular formula is C32H52O. The fourth-order valence-electron chi connectivity index (χ4n) is 9.98. The molecule has 0 heterocycles. The van der Waals surface area contributed by atoms with E-state index in [1.54, 1.807) is 0 Å². The number of hydrogen-bond donors (Lipinski definition) is 0. The summed E-state index contributed by atoms with van der Waals surface area (Å²) in [5, 5.41) is 0. The molecule has 4 aliphatic rings. The zero-order valence-corrected chi connectivity index (χ0v) is 22.6. The SMILES string of the molecule is C=CC[C@@H]1C(=O)CC[C@]2(C)[C@H]3CC[C@]4(C)[C@@H]([C@H](C)C=C[C@@H](CC)C(C)C)CC[C@H]4[C@@H]3CC[C@@H]12. The van der Waals surface area contributed by atoms with Crippen molar-refractivity contribution in [3.8, 4) is 0 Å². The number of carbonyl (C=O) groups excluding carboxylic acids is 1. The number of rotatable bonds is 7. The van der Waals surface area contributed by atoms with Crippen molar-refractivity contribution in [2.24, 2.45) is 64.1 Å². The van der Waals surface area contributed by atoms with Crippen LogP contribution in [0, 0.1) is 64.1 Å². The lowest BCUT2D eigenvalue weighted by Crippen LogP contribution is -2.56. The molecule has 33 heavy (non-hydrogen) atoms. The van der Waals surface area contributed by atoms with E-state index in [2.05, 4.69) is 60.3 Å². The van der Waals surface area contributed by atoms with Crippen molar-refractivity contribution in [3.05, 3.63) is 24.8 Å². The van der Waals surface area contributed by atoms with Gasteiger partial charge < -0.3 is 0 Å². The van der Waals surface area contributed by atoms with Crippen LogP contribution in [0.5, 0.6) is 0 Å². The van der Waals surface area contributed by atoms with Gasteiger partial charge in [-0.25, -0.2) is 0 Å². The molecule has 0 spiro atoms. The number of fused-ring (bicyclic) bond motifs is 5. The van der Waals surface area contributed by atoms with Gasteiger partial charge in [0.1, 0.15) is 5.78 Å². The van der Waals surface area contributed by atoms with Crippen molar-refractivity contribution in [1.82, 2.24) is 0 Å². The maximum atomic E-state index is 12.8. The summed E-state index contributed by atoms with van der Waals surface area (Å²) in [4.78, 5) is 12.8. The smallest absolute Gasteiger partial charge is 0.136 e. The van der Waals surface area contributed by atoms with Gasteiger partial charge in [0.05, 0.1) is 0 Å². The molecule has 0 unspecified atom stereocenters. The molecule has 0 radical (unpaired) electrons. The Morgan fingerprint density at radius 3 is 2.30 bits per heavy atom. The molecule has 0 bridgehead atoms. The fraction of sp³-hybridized carbons (Fsp3) is 0.844. The second-order valence-corrected chi connectivity index (χ2v) is 13.5. The maximum Gasteiger partial charge on any atom is 0.136 e. The third kappa shape index (κ3) is 4.23. The van der Waals surface area contributed by atoms with Crippen LogP contribution in [-0.2, 0) is 4.79 Å². The molecule has 0 aromatic rings. The highest BCUT2D eigenvalue weighted by molar-refractivity contribution is 5.82. The van der Waals surface area contributed by atoms with Gasteiger partial charge >= 0.3 is 0 Å². The molecule has 4 aliphatic carbocycles. The highest BCUT2D eigenvalue weighted by Gasteiger charge is 2.61. The van der Waals surface area contributed by atoms with E-state index < -0.39 is 0 Å². The first-order valence-electron chi connectivity index (χ1n) is 14.5. The van der Waals surface area contributed by atoms with Gasteiger partial charge in [0.2, 0.25) is 0 Å². The van der Waals surface area contributed by atoms with Crippen LogP contribution in [0.2, 0.25) is 0 Å². The normalized spacial score (nSPS) is 44.9. The van der Waals surface area contributed by atoms with Gasteiger partial charge in [-0.2, -0.15) is 0 Å². The van der Waals surface area contributed by atoms with Crippen LogP contribution in [0.1, 0.15) is 106 Å². The minimum atomic E-state index is 0.254. The molecule has 0 amide bonds. The molecular weight excluding hydrogens is 400 g/mol. The zero-order chi connectivity index (χ0) is 24.0. The van der Waals surface area contributed by atoms with E-state index in [9.17, 15) is 4.79 Å². The number of ketones is 1. The first-order valence-corrected chi connectivity index (χ1v) is 14.5. The van der Waals surface area contributed by atoms with Crippen molar-refractivity contribution < 1.29 is 4.79 Å². The third-order valence-electron chi connectivity index (χ3n) is 11.9. The zero-order valence-electron chi connectivity index (χ0n) is 22.6. The summed E-state index contributed by atoms with van der Waals surface area (Å²) in [6.45, 7) is 18.8. The predicted octanol–water partition coefficient (Wildman–Crippen LogP) is 8.89. The monoisotopic (exact) mass is 452 g/mol. The molecule has 186 valence electrons. The second-order valence-electron chi connectivity index (χ2n) is 13.5. The fourth-order valence-corrected chi connectivity index (χ4v) is 9.98. The van der Waals surface area contributed by atoms with Gasteiger partial charge in [-0.1, -0.05) is 59.8 Å². The highest BCUT2D eigenvalue weighted by atomic mass is 16.1. The van der Waals surface area contributed by atoms with E-state index in [0.717, 1.165) is 54.8 Å². The molecule has 1 nitrogen and oxygen atoms in total. The van der Waals surface area contributed by atoms with E-state index >= 15 is 0 Å². The summed E-state index contributed by atoms with van der Waals surface area (Å²) >= 11 is 0. The predicted molar refractivity (Wildman–Crippen MR) is 141 cm³/mol. The van der Waals surface area contributed by atoms with Crippen LogP contribution < -0.4 is 0 Å². The number of Topliss-reactive ketones (excluding diaryl/α,β-unsaturated/α-hetero) is 1. The van der Waals surface area contributed by atoms with E-state index in [1.165, 1.54) is 44.9 Å². The minimum absolute atomic E-state index is 0.254. The van der Waals surface area contributed by atoms with Crippen LogP contribution in [0.15, 0.2) is 24.8 Å². The van der Waals surface area contributed by atoms with Gasteiger partial charge in [-0.3, -0.25) is 4.79 Å². The minimum Gasteiger partial charge on any atom is -0.299 e. The summed E-state index contributed by atoms with van der Waals surface area (Å²) in [6.07, 6.45) is 19.6. The Bertz CT molecular complexity index is 748. The molecule has 0 aromatic heterocycles. The molecule has 4 saturated carbocycles. The highest BCUT2D eigenvalue weighted by Crippen LogP contribution is 2.68. The quantitative estimate of drug-likeness (QED) is 0.352. The van der Waals surface area contributed by atoms with E-state index in [-0.39, 0.29) is 5.92 Å². The Hall–Kier alpha value is -0.850. The number of allylic oxidation sites excluding steroid dienone is 3. The molecule has 0 N–H and O–H groups in total. The van der Waals surface area contributed by atoms with Gasteiger partial charge in [-0.15, -0.1) is 6.58 Å². The molecule has 0 aliphatic heterocycles. The molecule has 0 saturated heterocycles. The lowest BCUT2D eigenvalue weighted by Gasteiger charge is -2.61. The van der Waals surface area contributed by atoms with Gasteiger partial charge in [0.15, 0.2) is 0 Å². The molecule has 4 fully saturated rings. The number of carbonyl (C=O) groups is 1. The summed E-state index contributed by atoms with van der Waals surface area (Å²) in [5.41, 5.74) is 0.889. The largest absolute Gasteiger partial charge is 0.299 e. The third-order valence-corrected chi connectivity index (χ3v) is 11.9. The van der Waals surface area contributed by atoms with Crippen LogP contribution in [0.4, 0.5) is 0 Å². The molecule has 4 rings (SSSR count). The first kappa shape index (κ1) is 25.2. The van der Waals surface area contributed by atoms with Crippen LogP contribution in [0.3, 0.4) is 0 Å². The summed E-state index contributed by atoms with van der Waals surface area (Å²) in [6, 6.07) is 0. The summed E-state index contributed by atoms with van der Waals surface area (Å²) in [5.74, 6) is 7.02. The standard InChI is InChI=1S/C32H52O/c1-8-10-25-28-14-13-24-27-16-15-26(22(5)11-12-23(9-2)21(3)4)31(27,6)19-17-29(24)32(28,7)20-18-30(25)33/h8,11-12,21-29H,1,9-10,13-20H2,2-7H3/t22-,23-,24+,25+,26-,27+,28+,29+,31-,32+/m1/s1. The topological polar surface area (TPSA) is 17.1 Å². The first-order chi connectivity index (χ1) is 15.7. The van der Waals surface area contributed by atoms with Crippen molar-refractivity contribution >= 4 is 5.78 Å². The van der Waals surface area contributed by atoms with Crippen molar-refractivity contribution in [2.75, 3.05) is 0 Å². The second kappa shape index (κ2) is 9.66. The van der Waals surface area contributed by atoms with E-state index in [0.29, 0.717) is 28.4 Å². The Morgan fingerprint density at radius 2 is 1.64 bits per heavy atom. The Balaban J connectivity index is 1.52. The Labute approximate surface area is 205 Å². The van der Waals surface area contributed by atoms with Crippen LogP contribution in [0.25, 0.3) is 0 Å². The van der Waals surface area contributed by atoms with Gasteiger partial charge in [0.25, 0.3) is 0 Å². The summed E-state index contributed by atoms with van der Waals surface area (Å²) in [7, 11) is 0. The lowest BCUT2D eigenvalue weighted by molar-refractivity contribution is -0.151. The van der Waals surface area contributed by atoms with Crippen molar-refractivity contribution in [2.45, 2.75) is 106 Å². The molecule has 1 heteroatoms. The Morgan fingerprint density at radius 1 is 0.939 bits per heavy atom.